The number of anilines is 2. The number of nitrogens with zero attached hydrogens (tertiary/aromatic N) is 6. The van der Waals surface area contributed by atoms with E-state index in [1.165, 1.54) is 0 Å². The highest BCUT2D eigenvalue weighted by molar-refractivity contribution is 5.48. The Morgan fingerprint density at radius 3 is 2.82 bits per heavy atom. The van der Waals surface area contributed by atoms with E-state index in [0.717, 1.165) is 12.1 Å². The van der Waals surface area contributed by atoms with Crippen molar-refractivity contribution in [3.63, 3.8) is 0 Å². The van der Waals surface area contributed by atoms with Crippen molar-refractivity contribution in [3.8, 4) is 0 Å². The zero-order valence-electron chi connectivity index (χ0n) is 12.1. The summed E-state index contributed by atoms with van der Waals surface area (Å²) in [5, 5.41) is 11.3. The van der Waals surface area contributed by atoms with Gasteiger partial charge in [0.15, 0.2) is 5.82 Å². The Morgan fingerprint density at radius 1 is 1.23 bits per heavy atom. The van der Waals surface area contributed by atoms with Gasteiger partial charge in [0.2, 0.25) is 12.4 Å². The van der Waals surface area contributed by atoms with Crippen LogP contribution in [0.2, 0.25) is 0 Å². The van der Waals surface area contributed by atoms with Crippen molar-refractivity contribution in [2.45, 2.75) is 6.54 Å². The fourth-order valence-corrected chi connectivity index (χ4v) is 2.22. The lowest BCUT2D eigenvalue weighted by Gasteiger charge is -2.32. The Hall–Kier alpha value is -2.77. The Balaban J connectivity index is 1.61. The summed E-state index contributed by atoms with van der Waals surface area (Å²) in [6, 6.07) is 5.77. The van der Waals surface area contributed by atoms with Crippen LogP contribution in [0, 0.1) is 0 Å². The molecular formula is C14H17N7O. The zero-order chi connectivity index (χ0) is 15.2. The van der Waals surface area contributed by atoms with Gasteiger partial charge in [-0.2, -0.15) is 10.1 Å². The van der Waals surface area contributed by atoms with Gasteiger partial charge in [-0.25, -0.2) is 0 Å². The van der Waals surface area contributed by atoms with Crippen molar-refractivity contribution >= 4 is 18.2 Å². The quantitative estimate of drug-likeness (QED) is 0.787. The van der Waals surface area contributed by atoms with E-state index in [1.807, 2.05) is 23.1 Å². The van der Waals surface area contributed by atoms with E-state index in [2.05, 4.69) is 25.5 Å². The number of hydrogen-bond donors (Lipinski definition) is 1. The topological polar surface area (TPSA) is 87.1 Å². The largest absolute Gasteiger partial charge is 0.363 e. The van der Waals surface area contributed by atoms with E-state index >= 15 is 0 Å². The molecule has 0 aromatic carbocycles. The summed E-state index contributed by atoms with van der Waals surface area (Å²) in [6.45, 7) is 3.36. The summed E-state index contributed by atoms with van der Waals surface area (Å²) in [7, 11) is 0. The van der Waals surface area contributed by atoms with Crippen molar-refractivity contribution in [3.05, 3.63) is 36.3 Å². The van der Waals surface area contributed by atoms with Crippen LogP contribution >= 0.6 is 0 Å². The summed E-state index contributed by atoms with van der Waals surface area (Å²) in [4.78, 5) is 23.2. The number of pyridine rings is 1. The molecule has 114 valence electrons. The lowest BCUT2D eigenvalue weighted by Crippen LogP contribution is -2.46. The lowest BCUT2D eigenvalue weighted by atomic mass is 10.3. The van der Waals surface area contributed by atoms with Crippen molar-refractivity contribution in [2.75, 3.05) is 36.4 Å². The molecule has 1 N–H and O–H groups in total. The molecule has 0 aliphatic carbocycles. The van der Waals surface area contributed by atoms with E-state index in [9.17, 15) is 4.79 Å². The van der Waals surface area contributed by atoms with Gasteiger partial charge in [-0.05, 0) is 12.1 Å². The van der Waals surface area contributed by atoms with Crippen LogP contribution in [-0.4, -0.2) is 57.7 Å². The Morgan fingerprint density at radius 2 is 2.09 bits per heavy atom. The predicted molar refractivity (Wildman–Crippen MR) is 81.2 cm³/mol. The second-order valence-electron chi connectivity index (χ2n) is 4.94. The molecule has 8 heteroatoms. The maximum absolute atomic E-state index is 10.7. The average molecular weight is 299 g/mol. The number of hydrogen-bond acceptors (Lipinski definition) is 7. The number of amides is 1. The van der Waals surface area contributed by atoms with Gasteiger partial charge in [0.05, 0.1) is 18.4 Å². The Labute approximate surface area is 128 Å². The van der Waals surface area contributed by atoms with Gasteiger partial charge in [0, 0.05) is 32.4 Å². The fraction of sp³-hybridized carbons (Fsp3) is 0.357. The average Bonchev–Trinajstić information content (AvgIpc) is 2.61. The number of rotatable bonds is 5. The molecule has 0 radical (unpaired) electrons. The summed E-state index contributed by atoms with van der Waals surface area (Å²) in [5.41, 5.74) is 0.933. The van der Waals surface area contributed by atoms with Crippen molar-refractivity contribution in [2.24, 2.45) is 0 Å². The maximum Gasteiger partial charge on any atom is 0.247 e. The van der Waals surface area contributed by atoms with Crippen molar-refractivity contribution < 1.29 is 4.79 Å². The van der Waals surface area contributed by atoms with Crippen LogP contribution in [-0.2, 0) is 11.3 Å². The monoisotopic (exact) mass is 299 g/mol. The van der Waals surface area contributed by atoms with E-state index < -0.39 is 0 Å². The van der Waals surface area contributed by atoms with Crippen LogP contribution in [0.3, 0.4) is 0 Å². The Bertz CT molecular complexity index is 614. The fourth-order valence-electron chi connectivity index (χ4n) is 2.22. The molecule has 8 nitrogen and oxygen atoms in total. The molecule has 0 spiro atoms. The van der Waals surface area contributed by atoms with E-state index in [1.54, 1.807) is 17.3 Å². The third kappa shape index (κ3) is 3.46. The number of nitrogens with one attached hydrogen (secondary N) is 1. The predicted octanol–water partition coefficient (Wildman–Crippen LogP) is 0.157. The van der Waals surface area contributed by atoms with Gasteiger partial charge >= 0.3 is 0 Å². The van der Waals surface area contributed by atoms with Crippen LogP contribution in [0.25, 0.3) is 0 Å². The van der Waals surface area contributed by atoms with E-state index in [0.29, 0.717) is 44.5 Å². The van der Waals surface area contributed by atoms with Crippen molar-refractivity contribution in [1.82, 2.24) is 25.1 Å². The zero-order valence-corrected chi connectivity index (χ0v) is 12.1. The Kier molecular flexibility index (Phi) is 4.38. The first-order valence-electron chi connectivity index (χ1n) is 7.13. The molecule has 3 heterocycles. The van der Waals surface area contributed by atoms with Gasteiger partial charge in [-0.15, -0.1) is 5.10 Å². The minimum atomic E-state index is 0.580. The molecule has 2 aromatic rings. The third-order valence-corrected chi connectivity index (χ3v) is 3.47. The summed E-state index contributed by atoms with van der Waals surface area (Å²) < 4.78 is 0. The molecule has 22 heavy (non-hydrogen) atoms. The van der Waals surface area contributed by atoms with Gasteiger partial charge in [-0.3, -0.25) is 9.78 Å². The lowest BCUT2D eigenvalue weighted by molar-refractivity contribution is -0.118. The highest BCUT2D eigenvalue weighted by atomic mass is 16.1. The minimum absolute atomic E-state index is 0.580. The highest BCUT2D eigenvalue weighted by Gasteiger charge is 2.18. The number of carbonyl (C=O) groups excluding carboxylic acids is 1. The molecule has 0 saturated carbocycles. The maximum atomic E-state index is 10.7. The summed E-state index contributed by atoms with van der Waals surface area (Å²) in [5.74, 6) is 1.24. The van der Waals surface area contributed by atoms with Crippen LogP contribution in [0.4, 0.5) is 11.8 Å². The summed E-state index contributed by atoms with van der Waals surface area (Å²) >= 11 is 0. The second-order valence-corrected chi connectivity index (χ2v) is 4.94. The highest BCUT2D eigenvalue weighted by Crippen LogP contribution is 2.12. The molecule has 1 saturated heterocycles. The first kappa shape index (κ1) is 14.2. The molecular weight excluding hydrogens is 282 g/mol. The number of aromatic nitrogens is 4. The first-order chi connectivity index (χ1) is 10.8. The molecule has 1 aliphatic rings. The number of piperazine rings is 1. The first-order valence-corrected chi connectivity index (χ1v) is 7.13. The van der Waals surface area contributed by atoms with E-state index in [-0.39, 0.29) is 0 Å². The summed E-state index contributed by atoms with van der Waals surface area (Å²) in [6.07, 6.45) is 4.22. The van der Waals surface area contributed by atoms with Crippen LogP contribution in [0.5, 0.6) is 0 Å². The van der Waals surface area contributed by atoms with Gasteiger partial charge in [0.25, 0.3) is 0 Å². The molecule has 1 aliphatic heterocycles. The molecule has 0 atom stereocenters. The van der Waals surface area contributed by atoms with Crippen molar-refractivity contribution in [1.29, 1.82) is 0 Å². The molecule has 1 amide bonds. The van der Waals surface area contributed by atoms with E-state index in [4.69, 9.17) is 0 Å². The van der Waals surface area contributed by atoms with Crippen LogP contribution in [0.15, 0.2) is 30.6 Å². The van der Waals surface area contributed by atoms with Gasteiger partial charge in [-0.1, -0.05) is 6.07 Å². The molecule has 0 unspecified atom stereocenters. The van der Waals surface area contributed by atoms with Crippen LogP contribution in [0.1, 0.15) is 5.69 Å². The third-order valence-electron chi connectivity index (χ3n) is 3.47. The minimum Gasteiger partial charge on any atom is -0.363 e. The molecule has 3 rings (SSSR count). The SMILES string of the molecule is O=CN1CCN(c2nncc(NCc3ccccn3)n2)CC1. The molecule has 2 aromatic heterocycles. The van der Waals surface area contributed by atoms with Crippen LogP contribution < -0.4 is 10.2 Å². The molecule has 0 bridgehead atoms. The smallest absolute Gasteiger partial charge is 0.247 e. The molecule has 1 fully saturated rings. The second kappa shape index (κ2) is 6.79. The normalized spacial score (nSPS) is 14.7. The standard InChI is InChI=1S/C14H17N7O/c22-11-20-5-7-21(8-6-20)14-18-13(10-17-19-14)16-9-12-3-1-2-4-15-12/h1-4,10-11H,5-9H2,(H,16,18,19). The van der Waals surface area contributed by atoms with Gasteiger partial charge < -0.3 is 15.1 Å². The number of carbonyl (C=O) groups is 1. The van der Waals surface area contributed by atoms with Gasteiger partial charge in [0.1, 0.15) is 0 Å².